The minimum atomic E-state index is 0.872. The van der Waals surface area contributed by atoms with Gasteiger partial charge in [-0.05, 0) is 87.6 Å². The van der Waals surface area contributed by atoms with Crippen LogP contribution in [-0.2, 0) is 0 Å². The minimum Gasteiger partial charge on any atom is -0.454 e. The number of hydrogen-bond donors (Lipinski definition) is 0. The Morgan fingerprint density at radius 3 is 2.04 bits per heavy atom. The smallest absolute Gasteiger partial charge is 0.159 e. The van der Waals surface area contributed by atoms with Crippen LogP contribution in [0.25, 0.3) is 75.1 Å². The summed E-state index contributed by atoms with van der Waals surface area (Å²) < 4.78 is 9.26. The molecule has 0 N–H and O–H groups in total. The van der Waals surface area contributed by atoms with Gasteiger partial charge in [0.15, 0.2) is 5.58 Å². The molecule has 3 heteroatoms. The maximum absolute atomic E-state index is 6.64. The lowest BCUT2D eigenvalue weighted by molar-refractivity contribution is 0.669. The molecule has 8 aromatic carbocycles. The first-order valence-electron chi connectivity index (χ1n) is 16.6. The van der Waals surface area contributed by atoms with Gasteiger partial charge in [-0.2, -0.15) is 0 Å². The molecule has 230 valence electrons. The lowest BCUT2D eigenvalue weighted by Gasteiger charge is -2.27. The largest absolute Gasteiger partial charge is 0.454 e. The van der Waals surface area contributed by atoms with Gasteiger partial charge in [0.1, 0.15) is 5.58 Å². The van der Waals surface area contributed by atoms with Crippen LogP contribution in [0, 0.1) is 0 Å². The molecule has 0 unspecified atom stereocenters. The summed E-state index contributed by atoms with van der Waals surface area (Å²) in [5, 5.41) is 7.23. The molecule has 2 nitrogen and oxygen atoms in total. The minimum absolute atomic E-state index is 0.872. The monoisotopic (exact) mass is 643 g/mol. The molecule has 0 saturated heterocycles. The number of benzene rings is 8. The molecule has 0 aliphatic rings. The van der Waals surface area contributed by atoms with Crippen LogP contribution in [0.1, 0.15) is 0 Å². The molecule has 0 radical (unpaired) electrons. The number of para-hydroxylation sites is 2. The Balaban J connectivity index is 1.25. The average molecular weight is 644 g/mol. The summed E-state index contributed by atoms with van der Waals surface area (Å²) in [7, 11) is 0. The van der Waals surface area contributed by atoms with Crippen molar-refractivity contribution in [1.29, 1.82) is 0 Å². The third-order valence-electron chi connectivity index (χ3n) is 9.65. The lowest BCUT2D eigenvalue weighted by atomic mass is 9.92. The molecule has 0 fully saturated rings. The quantitative estimate of drug-likeness (QED) is 0.186. The van der Waals surface area contributed by atoms with E-state index in [-0.39, 0.29) is 0 Å². The number of anilines is 3. The van der Waals surface area contributed by atoms with E-state index in [1.165, 1.54) is 53.2 Å². The summed E-state index contributed by atoms with van der Waals surface area (Å²) in [6.07, 6.45) is 0. The SMILES string of the molecule is c1ccc(-c2ccc(N(c3ccc4ccccc4c3)c3cccc4c3oc3ccccc34)cc2-c2ccc3sc4ccccc4c3c2)cc1. The van der Waals surface area contributed by atoms with Crippen molar-refractivity contribution in [3.05, 3.63) is 176 Å². The van der Waals surface area contributed by atoms with Gasteiger partial charge in [0, 0.05) is 42.3 Å². The van der Waals surface area contributed by atoms with Crippen molar-refractivity contribution in [2.45, 2.75) is 0 Å². The van der Waals surface area contributed by atoms with Crippen LogP contribution >= 0.6 is 11.3 Å². The molecule has 0 saturated carbocycles. The lowest BCUT2D eigenvalue weighted by Crippen LogP contribution is -2.10. The van der Waals surface area contributed by atoms with Crippen LogP contribution < -0.4 is 4.90 Å². The van der Waals surface area contributed by atoms with E-state index < -0.39 is 0 Å². The Kier molecular flexibility index (Phi) is 6.39. The van der Waals surface area contributed by atoms with Gasteiger partial charge >= 0.3 is 0 Å². The fourth-order valence-electron chi connectivity index (χ4n) is 7.32. The van der Waals surface area contributed by atoms with Crippen LogP contribution in [-0.4, -0.2) is 0 Å². The summed E-state index contributed by atoms with van der Waals surface area (Å²) in [5.41, 5.74) is 9.66. The van der Waals surface area contributed by atoms with Crippen LogP contribution in [0.3, 0.4) is 0 Å². The second-order valence-electron chi connectivity index (χ2n) is 12.5. The predicted octanol–water partition coefficient (Wildman–Crippen LogP) is 13.9. The van der Waals surface area contributed by atoms with E-state index in [4.69, 9.17) is 4.42 Å². The molecule has 0 spiro atoms. The van der Waals surface area contributed by atoms with E-state index in [1.54, 1.807) is 0 Å². The number of rotatable bonds is 5. The fourth-order valence-corrected chi connectivity index (χ4v) is 8.41. The summed E-state index contributed by atoms with van der Waals surface area (Å²) in [5.74, 6) is 0. The topological polar surface area (TPSA) is 16.4 Å². The van der Waals surface area contributed by atoms with Gasteiger partial charge in [0.2, 0.25) is 0 Å². The Hall–Kier alpha value is -6.16. The van der Waals surface area contributed by atoms with Crippen LogP contribution in [0.15, 0.2) is 180 Å². The van der Waals surface area contributed by atoms with Crippen molar-refractivity contribution in [1.82, 2.24) is 0 Å². The molecule has 10 aromatic rings. The molecule has 0 aliphatic carbocycles. The van der Waals surface area contributed by atoms with Crippen molar-refractivity contribution < 1.29 is 4.42 Å². The second kappa shape index (κ2) is 11.2. The zero-order chi connectivity index (χ0) is 32.3. The Labute approximate surface area is 287 Å². The number of hydrogen-bond acceptors (Lipinski definition) is 3. The van der Waals surface area contributed by atoms with Crippen LogP contribution in [0.5, 0.6) is 0 Å². The highest BCUT2D eigenvalue weighted by atomic mass is 32.1. The third kappa shape index (κ3) is 4.62. The van der Waals surface area contributed by atoms with Gasteiger partial charge < -0.3 is 9.32 Å². The highest BCUT2D eigenvalue weighted by Gasteiger charge is 2.21. The van der Waals surface area contributed by atoms with Crippen molar-refractivity contribution >= 4 is 81.3 Å². The zero-order valence-electron chi connectivity index (χ0n) is 26.5. The maximum Gasteiger partial charge on any atom is 0.159 e. The van der Waals surface area contributed by atoms with E-state index in [9.17, 15) is 0 Å². The maximum atomic E-state index is 6.64. The number of nitrogens with zero attached hydrogens (tertiary/aromatic N) is 1. The van der Waals surface area contributed by atoms with Crippen molar-refractivity contribution in [3.8, 4) is 22.3 Å². The molecule has 0 amide bonds. The normalized spacial score (nSPS) is 11.7. The Morgan fingerprint density at radius 2 is 1.12 bits per heavy atom. The zero-order valence-corrected chi connectivity index (χ0v) is 27.3. The van der Waals surface area contributed by atoms with Crippen molar-refractivity contribution in [2.75, 3.05) is 4.90 Å². The second-order valence-corrected chi connectivity index (χ2v) is 13.6. The highest BCUT2D eigenvalue weighted by Crippen LogP contribution is 2.46. The third-order valence-corrected chi connectivity index (χ3v) is 10.8. The molecular weight excluding hydrogens is 615 g/mol. The molecule has 0 aliphatic heterocycles. The summed E-state index contributed by atoms with van der Waals surface area (Å²) in [6, 6.07) is 63.3. The van der Waals surface area contributed by atoms with E-state index >= 15 is 0 Å². The van der Waals surface area contributed by atoms with Crippen LogP contribution in [0.2, 0.25) is 0 Å². The highest BCUT2D eigenvalue weighted by molar-refractivity contribution is 7.25. The van der Waals surface area contributed by atoms with Crippen molar-refractivity contribution in [2.24, 2.45) is 0 Å². The molecule has 2 aromatic heterocycles. The Bertz CT molecular complexity index is 2840. The number of furan rings is 1. The van der Waals surface area contributed by atoms with E-state index in [2.05, 4.69) is 175 Å². The van der Waals surface area contributed by atoms with Gasteiger partial charge in [-0.25, -0.2) is 0 Å². The van der Waals surface area contributed by atoms with Gasteiger partial charge in [0.05, 0.1) is 5.69 Å². The first-order valence-corrected chi connectivity index (χ1v) is 17.4. The van der Waals surface area contributed by atoms with Gasteiger partial charge in [-0.15, -0.1) is 11.3 Å². The average Bonchev–Trinajstić information content (AvgIpc) is 3.74. The molecular formula is C46H29NOS. The van der Waals surface area contributed by atoms with Crippen LogP contribution in [0.4, 0.5) is 17.1 Å². The standard InChI is InChI=1S/C46H29NOS/c1-2-12-31(13-3-1)36-25-24-35(29-40(36)33-22-26-45-41(28-33)38-16-7-9-20-44(38)49-45)47(34-23-21-30-11-4-5-14-32(30)27-34)42-18-10-17-39-37-15-6-8-19-43(37)48-46(39)42/h1-29H. The first kappa shape index (κ1) is 27.9. The van der Waals surface area contributed by atoms with E-state index in [0.717, 1.165) is 39.0 Å². The molecule has 0 bridgehead atoms. The van der Waals surface area contributed by atoms with Gasteiger partial charge in [-0.1, -0.05) is 121 Å². The molecule has 2 heterocycles. The summed E-state index contributed by atoms with van der Waals surface area (Å²) in [6.45, 7) is 0. The molecule has 49 heavy (non-hydrogen) atoms. The van der Waals surface area contributed by atoms with Gasteiger partial charge in [-0.3, -0.25) is 0 Å². The number of fused-ring (bicyclic) bond motifs is 7. The Morgan fingerprint density at radius 1 is 0.408 bits per heavy atom. The van der Waals surface area contributed by atoms with E-state index in [1.807, 2.05) is 17.4 Å². The molecule has 0 atom stereocenters. The number of thiophene rings is 1. The van der Waals surface area contributed by atoms with Gasteiger partial charge in [0.25, 0.3) is 0 Å². The summed E-state index contributed by atoms with van der Waals surface area (Å²) in [4.78, 5) is 2.36. The van der Waals surface area contributed by atoms with Crippen molar-refractivity contribution in [3.63, 3.8) is 0 Å². The molecule has 10 rings (SSSR count). The fraction of sp³-hybridized carbons (Fsp3) is 0. The van der Waals surface area contributed by atoms with E-state index in [0.29, 0.717) is 0 Å². The first-order chi connectivity index (χ1) is 24.3. The summed E-state index contributed by atoms with van der Waals surface area (Å²) >= 11 is 1.85. The predicted molar refractivity (Wildman–Crippen MR) is 210 cm³/mol.